The molecule has 1 aromatic heterocycles. The molecule has 0 aliphatic carbocycles. The maximum absolute atomic E-state index is 12.1. The van der Waals surface area contributed by atoms with Gasteiger partial charge in [-0.2, -0.15) is 0 Å². The minimum atomic E-state index is 0.00326. The summed E-state index contributed by atoms with van der Waals surface area (Å²) in [7, 11) is 0. The SMILES string of the molecule is Cc1c(CC(=O)NCCCN2CCNCC2)nnn1-c1ccccc1. The van der Waals surface area contributed by atoms with Gasteiger partial charge in [-0.15, -0.1) is 5.10 Å². The largest absolute Gasteiger partial charge is 0.356 e. The molecule has 0 atom stereocenters. The van der Waals surface area contributed by atoms with Gasteiger partial charge in [-0.25, -0.2) is 4.68 Å². The highest BCUT2D eigenvalue weighted by molar-refractivity contribution is 5.78. The minimum absolute atomic E-state index is 0.00326. The first-order valence-electron chi connectivity index (χ1n) is 8.90. The van der Waals surface area contributed by atoms with Crippen molar-refractivity contribution in [1.29, 1.82) is 0 Å². The zero-order chi connectivity index (χ0) is 17.5. The first-order valence-corrected chi connectivity index (χ1v) is 8.90. The van der Waals surface area contributed by atoms with Gasteiger partial charge >= 0.3 is 0 Å². The summed E-state index contributed by atoms with van der Waals surface area (Å²) in [6.45, 7) is 7.98. The molecule has 1 amide bonds. The fraction of sp³-hybridized carbons (Fsp3) is 0.500. The molecule has 134 valence electrons. The Hall–Kier alpha value is -2.25. The molecule has 0 saturated carbocycles. The van der Waals surface area contributed by atoms with Crippen molar-refractivity contribution >= 4 is 5.91 Å². The fourth-order valence-corrected chi connectivity index (χ4v) is 3.02. The van der Waals surface area contributed by atoms with Gasteiger partial charge in [0.25, 0.3) is 0 Å². The number of hydrogen-bond donors (Lipinski definition) is 2. The van der Waals surface area contributed by atoms with Gasteiger partial charge in [0.15, 0.2) is 0 Å². The van der Waals surface area contributed by atoms with Crippen LogP contribution < -0.4 is 10.6 Å². The third kappa shape index (κ3) is 4.87. The maximum Gasteiger partial charge on any atom is 0.226 e. The Balaban J connectivity index is 1.44. The van der Waals surface area contributed by atoms with Gasteiger partial charge in [0, 0.05) is 32.7 Å². The van der Waals surface area contributed by atoms with Gasteiger partial charge in [-0.1, -0.05) is 23.4 Å². The van der Waals surface area contributed by atoms with Crippen LogP contribution in [0.25, 0.3) is 5.69 Å². The Kier molecular flexibility index (Phi) is 6.14. The topological polar surface area (TPSA) is 75.1 Å². The number of nitrogens with one attached hydrogen (secondary N) is 2. The molecule has 7 nitrogen and oxygen atoms in total. The Bertz CT molecular complexity index is 678. The molecule has 2 aromatic rings. The molecular weight excluding hydrogens is 316 g/mol. The molecule has 2 N–H and O–H groups in total. The molecular formula is C18H26N6O. The molecule has 25 heavy (non-hydrogen) atoms. The number of carbonyl (C=O) groups excluding carboxylic acids is 1. The van der Waals surface area contributed by atoms with Crippen molar-refractivity contribution in [2.45, 2.75) is 19.8 Å². The van der Waals surface area contributed by atoms with Gasteiger partial charge in [-0.05, 0) is 32.0 Å². The molecule has 1 aliphatic rings. The Morgan fingerprint density at radius 3 is 2.76 bits per heavy atom. The van der Waals surface area contributed by atoms with Gasteiger partial charge in [0.05, 0.1) is 23.5 Å². The van der Waals surface area contributed by atoms with Crippen LogP contribution in [0, 0.1) is 6.92 Å². The van der Waals surface area contributed by atoms with E-state index in [-0.39, 0.29) is 12.3 Å². The summed E-state index contributed by atoms with van der Waals surface area (Å²) >= 11 is 0. The van der Waals surface area contributed by atoms with Crippen LogP contribution in [-0.2, 0) is 11.2 Å². The van der Waals surface area contributed by atoms with Crippen LogP contribution in [-0.4, -0.2) is 65.1 Å². The Labute approximate surface area is 148 Å². The second-order valence-electron chi connectivity index (χ2n) is 6.34. The molecule has 0 bridgehead atoms. The minimum Gasteiger partial charge on any atom is -0.356 e. The van der Waals surface area contributed by atoms with Crippen molar-refractivity contribution in [2.24, 2.45) is 0 Å². The van der Waals surface area contributed by atoms with Crippen molar-refractivity contribution in [2.75, 3.05) is 39.3 Å². The summed E-state index contributed by atoms with van der Waals surface area (Å²) in [5.41, 5.74) is 2.58. The molecule has 2 heterocycles. The lowest BCUT2D eigenvalue weighted by Crippen LogP contribution is -2.44. The molecule has 1 aliphatic heterocycles. The lowest BCUT2D eigenvalue weighted by atomic mass is 10.2. The Morgan fingerprint density at radius 1 is 1.24 bits per heavy atom. The fourth-order valence-electron chi connectivity index (χ4n) is 3.02. The zero-order valence-electron chi connectivity index (χ0n) is 14.7. The molecule has 1 aromatic carbocycles. The summed E-state index contributed by atoms with van der Waals surface area (Å²) in [4.78, 5) is 14.6. The number of piperazine rings is 1. The number of benzene rings is 1. The van der Waals surface area contributed by atoms with E-state index in [1.807, 2.05) is 37.3 Å². The molecule has 0 unspecified atom stereocenters. The van der Waals surface area contributed by atoms with Crippen LogP contribution in [0.4, 0.5) is 0 Å². The standard InChI is InChI=1S/C18H26N6O/c1-15-17(21-22-24(15)16-6-3-2-4-7-16)14-18(25)20-8-5-11-23-12-9-19-10-13-23/h2-4,6-7,19H,5,8-14H2,1H3,(H,20,25). The number of rotatable bonds is 7. The summed E-state index contributed by atoms with van der Waals surface area (Å²) in [6, 6.07) is 9.83. The normalized spacial score (nSPS) is 15.2. The van der Waals surface area contributed by atoms with Crippen LogP contribution in [0.3, 0.4) is 0 Å². The van der Waals surface area contributed by atoms with Crippen molar-refractivity contribution in [3.05, 3.63) is 41.7 Å². The van der Waals surface area contributed by atoms with Crippen LogP contribution in [0.5, 0.6) is 0 Å². The molecule has 0 radical (unpaired) electrons. The summed E-state index contributed by atoms with van der Waals surface area (Å²) in [5, 5.41) is 14.7. The van der Waals surface area contributed by atoms with E-state index in [1.54, 1.807) is 4.68 Å². The van der Waals surface area contributed by atoms with E-state index in [0.717, 1.165) is 56.2 Å². The summed E-state index contributed by atoms with van der Waals surface area (Å²) < 4.78 is 1.77. The highest BCUT2D eigenvalue weighted by atomic mass is 16.1. The van der Waals surface area contributed by atoms with Crippen molar-refractivity contribution in [3.8, 4) is 5.69 Å². The average Bonchev–Trinajstić information content (AvgIpc) is 3.01. The first-order chi connectivity index (χ1) is 12.2. The predicted octanol–water partition coefficient (Wildman–Crippen LogP) is 0.530. The molecule has 0 spiro atoms. The van der Waals surface area contributed by atoms with E-state index in [4.69, 9.17) is 0 Å². The van der Waals surface area contributed by atoms with Gasteiger partial charge in [-0.3, -0.25) is 4.79 Å². The number of nitrogens with zero attached hydrogens (tertiary/aromatic N) is 4. The average molecular weight is 342 g/mol. The van der Waals surface area contributed by atoms with Crippen molar-refractivity contribution in [1.82, 2.24) is 30.5 Å². The van der Waals surface area contributed by atoms with Crippen LogP contribution in [0.15, 0.2) is 30.3 Å². The van der Waals surface area contributed by atoms with E-state index in [0.29, 0.717) is 6.54 Å². The third-order valence-corrected chi connectivity index (χ3v) is 4.50. The van der Waals surface area contributed by atoms with Crippen molar-refractivity contribution in [3.63, 3.8) is 0 Å². The second-order valence-corrected chi connectivity index (χ2v) is 6.34. The summed E-state index contributed by atoms with van der Waals surface area (Å²) in [6.07, 6.45) is 1.24. The second kappa shape index (κ2) is 8.73. The number of carbonyl (C=O) groups is 1. The molecule has 7 heteroatoms. The van der Waals surface area contributed by atoms with E-state index >= 15 is 0 Å². The lowest BCUT2D eigenvalue weighted by molar-refractivity contribution is -0.120. The monoisotopic (exact) mass is 342 g/mol. The van der Waals surface area contributed by atoms with Gasteiger partial charge in [0.2, 0.25) is 5.91 Å². The summed E-state index contributed by atoms with van der Waals surface area (Å²) in [5.74, 6) is 0.00326. The number of hydrogen-bond acceptors (Lipinski definition) is 5. The Morgan fingerprint density at radius 2 is 2.00 bits per heavy atom. The van der Waals surface area contributed by atoms with Crippen molar-refractivity contribution < 1.29 is 4.79 Å². The smallest absolute Gasteiger partial charge is 0.226 e. The maximum atomic E-state index is 12.1. The van der Waals surface area contributed by atoms with Crippen LogP contribution in [0.1, 0.15) is 17.8 Å². The van der Waals surface area contributed by atoms with Gasteiger partial charge in [0.1, 0.15) is 0 Å². The molecule has 1 fully saturated rings. The zero-order valence-corrected chi connectivity index (χ0v) is 14.7. The lowest BCUT2D eigenvalue weighted by Gasteiger charge is -2.27. The number of amides is 1. The highest BCUT2D eigenvalue weighted by Gasteiger charge is 2.14. The van der Waals surface area contributed by atoms with Gasteiger partial charge < -0.3 is 15.5 Å². The predicted molar refractivity (Wildman–Crippen MR) is 96.7 cm³/mol. The number of para-hydroxylation sites is 1. The van der Waals surface area contributed by atoms with E-state index in [2.05, 4.69) is 25.8 Å². The highest BCUT2D eigenvalue weighted by Crippen LogP contribution is 2.12. The van der Waals surface area contributed by atoms with E-state index in [9.17, 15) is 4.79 Å². The number of aromatic nitrogens is 3. The van der Waals surface area contributed by atoms with Crippen LogP contribution >= 0.6 is 0 Å². The quantitative estimate of drug-likeness (QED) is 0.718. The molecule has 3 rings (SSSR count). The van der Waals surface area contributed by atoms with E-state index in [1.165, 1.54) is 0 Å². The van der Waals surface area contributed by atoms with E-state index < -0.39 is 0 Å². The molecule has 1 saturated heterocycles. The third-order valence-electron chi connectivity index (χ3n) is 4.50. The van der Waals surface area contributed by atoms with Crippen LogP contribution in [0.2, 0.25) is 0 Å². The first kappa shape index (κ1) is 17.6.